The maximum absolute atomic E-state index is 4.81. The van der Waals surface area contributed by atoms with Crippen LogP contribution in [0.4, 0.5) is 5.69 Å². The summed E-state index contributed by atoms with van der Waals surface area (Å²) in [5.74, 6) is 2.44. The van der Waals surface area contributed by atoms with Gasteiger partial charge in [0, 0.05) is 48.3 Å². The number of hydrogen-bond donors (Lipinski definition) is 1. The lowest BCUT2D eigenvalue weighted by molar-refractivity contribution is 0.582. The van der Waals surface area contributed by atoms with Crippen LogP contribution >= 0.6 is 11.8 Å². The van der Waals surface area contributed by atoms with E-state index in [-0.39, 0.29) is 0 Å². The zero-order valence-corrected chi connectivity index (χ0v) is 13.6. The van der Waals surface area contributed by atoms with Crippen molar-refractivity contribution < 1.29 is 0 Å². The topological polar surface area (TPSA) is 28.2 Å². The molecule has 1 saturated heterocycles. The number of fused-ring (bicyclic) bond motifs is 1. The number of nitrogens with zero attached hydrogens (tertiary/aromatic N) is 2. The summed E-state index contributed by atoms with van der Waals surface area (Å²) in [7, 11) is 0. The average Bonchev–Trinajstić information content (AvgIpc) is 2.53. The van der Waals surface area contributed by atoms with E-state index in [1.165, 1.54) is 22.6 Å². The minimum Gasteiger partial charge on any atom is -0.369 e. The first kappa shape index (κ1) is 14.7. The van der Waals surface area contributed by atoms with Gasteiger partial charge in [-0.2, -0.15) is 11.8 Å². The number of para-hydroxylation sites is 1. The molecule has 1 fully saturated rings. The largest absolute Gasteiger partial charge is 0.369 e. The Bertz CT molecular complexity index is 606. The van der Waals surface area contributed by atoms with Gasteiger partial charge in [0.05, 0.1) is 11.2 Å². The first-order chi connectivity index (χ1) is 10.2. The molecule has 112 valence electrons. The quantitative estimate of drug-likeness (QED) is 0.938. The van der Waals surface area contributed by atoms with Crippen molar-refractivity contribution in [2.45, 2.75) is 26.4 Å². The molecular weight excluding hydrogens is 278 g/mol. The van der Waals surface area contributed by atoms with Crippen LogP contribution in [0.2, 0.25) is 0 Å². The number of thioether (sulfide) groups is 1. The molecule has 3 nitrogen and oxygen atoms in total. The molecule has 4 heteroatoms. The van der Waals surface area contributed by atoms with Crippen molar-refractivity contribution in [2.24, 2.45) is 0 Å². The lowest BCUT2D eigenvalue weighted by Gasteiger charge is -2.30. The molecule has 1 aliphatic rings. The maximum atomic E-state index is 4.81. The second-order valence-electron chi connectivity index (χ2n) is 5.78. The number of hydrogen-bond acceptors (Lipinski definition) is 4. The molecular formula is C17H23N3S. The van der Waals surface area contributed by atoms with Crippen molar-refractivity contribution in [1.82, 2.24) is 10.3 Å². The summed E-state index contributed by atoms with van der Waals surface area (Å²) in [6.07, 6.45) is 0. The number of nitrogens with one attached hydrogen (secondary N) is 1. The van der Waals surface area contributed by atoms with Crippen molar-refractivity contribution in [2.75, 3.05) is 29.5 Å². The van der Waals surface area contributed by atoms with Gasteiger partial charge < -0.3 is 10.2 Å². The first-order valence-electron chi connectivity index (χ1n) is 7.69. The van der Waals surface area contributed by atoms with Gasteiger partial charge in [0.15, 0.2) is 0 Å². The summed E-state index contributed by atoms with van der Waals surface area (Å²) in [5.41, 5.74) is 3.59. The van der Waals surface area contributed by atoms with Gasteiger partial charge in [-0.1, -0.05) is 32.0 Å². The molecule has 1 aromatic carbocycles. The van der Waals surface area contributed by atoms with Crippen molar-refractivity contribution in [3.8, 4) is 0 Å². The Morgan fingerprint density at radius 1 is 1.24 bits per heavy atom. The van der Waals surface area contributed by atoms with E-state index in [4.69, 9.17) is 4.98 Å². The highest BCUT2D eigenvalue weighted by atomic mass is 32.2. The Morgan fingerprint density at radius 3 is 2.76 bits per heavy atom. The molecule has 0 unspecified atom stereocenters. The Kier molecular flexibility index (Phi) is 4.66. The molecule has 21 heavy (non-hydrogen) atoms. The zero-order chi connectivity index (χ0) is 14.7. The Labute approximate surface area is 131 Å². The van der Waals surface area contributed by atoms with Crippen LogP contribution in [0, 0.1) is 0 Å². The van der Waals surface area contributed by atoms with Crippen molar-refractivity contribution in [3.05, 3.63) is 36.0 Å². The van der Waals surface area contributed by atoms with Gasteiger partial charge in [-0.3, -0.25) is 4.98 Å². The smallest absolute Gasteiger partial charge is 0.0726 e. The first-order valence-corrected chi connectivity index (χ1v) is 8.84. The van der Waals surface area contributed by atoms with Gasteiger partial charge in [0.1, 0.15) is 0 Å². The minimum atomic E-state index is 0.480. The second-order valence-corrected chi connectivity index (χ2v) is 7.01. The van der Waals surface area contributed by atoms with Gasteiger partial charge in [0.25, 0.3) is 0 Å². The lowest BCUT2D eigenvalue weighted by atomic mass is 10.1. The van der Waals surface area contributed by atoms with Gasteiger partial charge in [-0.25, -0.2) is 0 Å². The average molecular weight is 301 g/mol. The summed E-state index contributed by atoms with van der Waals surface area (Å²) >= 11 is 2.05. The minimum absolute atomic E-state index is 0.480. The molecule has 3 rings (SSSR count). The molecule has 1 aliphatic heterocycles. The normalized spacial score (nSPS) is 15.9. The van der Waals surface area contributed by atoms with E-state index in [0.717, 1.165) is 30.8 Å². The van der Waals surface area contributed by atoms with Crippen LogP contribution in [-0.4, -0.2) is 35.6 Å². The summed E-state index contributed by atoms with van der Waals surface area (Å²) in [6.45, 7) is 7.44. The van der Waals surface area contributed by atoms with E-state index in [0.29, 0.717) is 6.04 Å². The van der Waals surface area contributed by atoms with E-state index >= 15 is 0 Å². The third-order valence-corrected chi connectivity index (χ3v) is 4.73. The molecule has 0 saturated carbocycles. The van der Waals surface area contributed by atoms with E-state index in [1.54, 1.807) is 0 Å². The molecule has 0 spiro atoms. The van der Waals surface area contributed by atoms with Crippen molar-refractivity contribution in [3.63, 3.8) is 0 Å². The van der Waals surface area contributed by atoms with E-state index < -0.39 is 0 Å². The highest BCUT2D eigenvalue weighted by Gasteiger charge is 2.15. The zero-order valence-electron chi connectivity index (χ0n) is 12.8. The molecule has 2 heterocycles. The Balaban J connectivity index is 1.98. The number of aromatic nitrogens is 1. The fourth-order valence-electron chi connectivity index (χ4n) is 2.68. The van der Waals surface area contributed by atoms with Crippen LogP contribution in [0.15, 0.2) is 30.3 Å². The van der Waals surface area contributed by atoms with Crippen LogP contribution < -0.4 is 10.2 Å². The predicted molar refractivity (Wildman–Crippen MR) is 93.3 cm³/mol. The van der Waals surface area contributed by atoms with Gasteiger partial charge >= 0.3 is 0 Å². The Morgan fingerprint density at radius 2 is 2.00 bits per heavy atom. The summed E-state index contributed by atoms with van der Waals surface area (Å²) in [4.78, 5) is 7.32. The highest BCUT2D eigenvalue weighted by Crippen LogP contribution is 2.28. The number of benzene rings is 1. The Hall–Kier alpha value is -1.26. The van der Waals surface area contributed by atoms with Crippen molar-refractivity contribution in [1.29, 1.82) is 0 Å². The van der Waals surface area contributed by atoms with Crippen LogP contribution in [-0.2, 0) is 6.54 Å². The predicted octanol–water partition coefficient (Wildman–Crippen LogP) is 3.29. The maximum Gasteiger partial charge on any atom is 0.0726 e. The fraction of sp³-hybridized carbons (Fsp3) is 0.471. The molecule has 1 N–H and O–H groups in total. The van der Waals surface area contributed by atoms with E-state index in [9.17, 15) is 0 Å². The standard InChI is InChI=1S/C17H23N3S/c1-13(2)18-12-14-11-17(20-7-9-21-10-8-20)15-5-3-4-6-16(15)19-14/h3-6,11,13,18H,7-10,12H2,1-2H3. The van der Waals surface area contributed by atoms with E-state index in [2.05, 4.69) is 54.4 Å². The summed E-state index contributed by atoms with van der Waals surface area (Å²) in [6, 6.07) is 11.2. The number of pyridine rings is 1. The molecule has 0 atom stereocenters. The third-order valence-electron chi connectivity index (χ3n) is 3.79. The molecule has 0 bridgehead atoms. The van der Waals surface area contributed by atoms with E-state index in [1.807, 2.05) is 11.8 Å². The van der Waals surface area contributed by atoms with Crippen LogP contribution in [0.1, 0.15) is 19.5 Å². The lowest BCUT2D eigenvalue weighted by Crippen LogP contribution is -2.33. The highest BCUT2D eigenvalue weighted by molar-refractivity contribution is 7.99. The SMILES string of the molecule is CC(C)NCc1cc(N2CCSCC2)c2ccccc2n1. The van der Waals surface area contributed by atoms with Crippen molar-refractivity contribution >= 4 is 28.4 Å². The third kappa shape index (κ3) is 3.50. The molecule has 2 aromatic rings. The van der Waals surface area contributed by atoms with Gasteiger partial charge in [0.2, 0.25) is 0 Å². The number of rotatable bonds is 4. The summed E-state index contributed by atoms with van der Waals surface area (Å²) in [5, 5.41) is 4.75. The second kappa shape index (κ2) is 6.67. The molecule has 0 radical (unpaired) electrons. The van der Waals surface area contributed by atoms with Crippen LogP contribution in [0.5, 0.6) is 0 Å². The van der Waals surface area contributed by atoms with Crippen LogP contribution in [0.3, 0.4) is 0 Å². The monoisotopic (exact) mass is 301 g/mol. The van der Waals surface area contributed by atoms with Gasteiger partial charge in [-0.05, 0) is 12.1 Å². The number of anilines is 1. The molecule has 1 aromatic heterocycles. The molecule has 0 aliphatic carbocycles. The summed E-state index contributed by atoms with van der Waals surface area (Å²) < 4.78 is 0. The molecule has 0 amide bonds. The van der Waals surface area contributed by atoms with Crippen LogP contribution in [0.25, 0.3) is 10.9 Å². The fourth-order valence-corrected chi connectivity index (χ4v) is 3.58. The van der Waals surface area contributed by atoms with Gasteiger partial charge in [-0.15, -0.1) is 0 Å².